The van der Waals surface area contributed by atoms with Crippen molar-refractivity contribution < 1.29 is 19.4 Å². The summed E-state index contributed by atoms with van der Waals surface area (Å²) in [5.74, 6) is -0.658. The Morgan fingerprint density at radius 1 is 1.26 bits per heavy atom. The van der Waals surface area contributed by atoms with E-state index in [4.69, 9.17) is 9.84 Å². The van der Waals surface area contributed by atoms with E-state index >= 15 is 0 Å². The van der Waals surface area contributed by atoms with Crippen molar-refractivity contribution in [2.75, 3.05) is 6.61 Å². The molecule has 108 valence electrons. The average molecular weight is 269 g/mol. The van der Waals surface area contributed by atoms with E-state index in [-0.39, 0.29) is 24.5 Å². The summed E-state index contributed by atoms with van der Waals surface area (Å²) in [7, 11) is 0. The third-order valence-corrected chi connectivity index (χ3v) is 4.14. The van der Waals surface area contributed by atoms with E-state index in [0.717, 1.165) is 32.1 Å². The van der Waals surface area contributed by atoms with Crippen molar-refractivity contribution in [2.24, 2.45) is 11.8 Å². The number of carboxylic acid groups (broad SMARTS) is 1. The molecule has 5 nitrogen and oxygen atoms in total. The van der Waals surface area contributed by atoms with Crippen LogP contribution in [-0.4, -0.2) is 35.7 Å². The zero-order valence-corrected chi connectivity index (χ0v) is 11.4. The number of hydrogen-bond acceptors (Lipinski definition) is 3. The van der Waals surface area contributed by atoms with Gasteiger partial charge in [0.2, 0.25) is 5.91 Å². The lowest BCUT2D eigenvalue weighted by Crippen LogP contribution is -2.44. The molecule has 0 aromatic carbocycles. The van der Waals surface area contributed by atoms with Crippen LogP contribution < -0.4 is 5.32 Å². The molecule has 0 saturated heterocycles. The van der Waals surface area contributed by atoms with Crippen LogP contribution in [0.5, 0.6) is 0 Å². The summed E-state index contributed by atoms with van der Waals surface area (Å²) < 4.78 is 5.63. The van der Waals surface area contributed by atoms with Gasteiger partial charge in [-0.05, 0) is 37.5 Å². The third kappa shape index (κ3) is 4.20. The SMILES string of the molecule is CC1CCCCC1OCC(=O)NC(C(=O)O)C1CC1. The first kappa shape index (κ1) is 14.3. The minimum absolute atomic E-state index is 0.0223. The minimum Gasteiger partial charge on any atom is -0.480 e. The fraction of sp³-hybridized carbons (Fsp3) is 0.857. The average Bonchev–Trinajstić information content (AvgIpc) is 3.19. The number of rotatable bonds is 6. The van der Waals surface area contributed by atoms with Gasteiger partial charge in [0.25, 0.3) is 0 Å². The molecule has 0 radical (unpaired) electrons. The zero-order valence-electron chi connectivity index (χ0n) is 11.4. The summed E-state index contributed by atoms with van der Waals surface area (Å²) in [5.41, 5.74) is 0. The molecule has 2 aliphatic rings. The minimum atomic E-state index is -0.943. The Bertz CT molecular complexity index is 340. The van der Waals surface area contributed by atoms with Crippen LogP contribution in [-0.2, 0) is 14.3 Å². The highest BCUT2D eigenvalue weighted by molar-refractivity contribution is 5.84. The molecule has 2 saturated carbocycles. The van der Waals surface area contributed by atoms with Crippen LogP contribution in [0.25, 0.3) is 0 Å². The predicted octanol–water partition coefficient (Wildman–Crippen LogP) is 1.56. The van der Waals surface area contributed by atoms with Crippen LogP contribution in [0.1, 0.15) is 45.4 Å². The van der Waals surface area contributed by atoms with E-state index in [2.05, 4.69) is 12.2 Å². The maximum atomic E-state index is 11.7. The van der Waals surface area contributed by atoms with Crippen LogP contribution in [0.4, 0.5) is 0 Å². The Balaban J connectivity index is 1.72. The van der Waals surface area contributed by atoms with Crippen molar-refractivity contribution in [3.63, 3.8) is 0 Å². The highest BCUT2D eigenvalue weighted by Crippen LogP contribution is 2.32. The summed E-state index contributed by atoms with van der Waals surface area (Å²) in [5, 5.41) is 11.6. The van der Waals surface area contributed by atoms with Crippen LogP contribution in [0.3, 0.4) is 0 Å². The third-order valence-electron chi connectivity index (χ3n) is 4.14. The first-order chi connectivity index (χ1) is 9.08. The van der Waals surface area contributed by atoms with Crippen LogP contribution in [0.2, 0.25) is 0 Å². The van der Waals surface area contributed by atoms with Crippen molar-refractivity contribution in [3.8, 4) is 0 Å². The molecule has 3 unspecified atom stereocenters. The molecule has 1 amide bonds. The van der Waals surface area contributed by atoms with Crippen molar-refractivity contribution in [2.45, 2.75) is 57.6 Å². The topological polar surface area (TPSA) is 75.6 Å². The molecule has 0 aliphatic heterocycles. The summed E-state index contributed by atoms with van der Waals surface area (Å²) in [6.07, 6.45) is 6.44. The standard InChI is InChI=1S/C14H23NO4/c1-9-4-2-3-5-11(9)19-8-12(16)15-13(14(17)18)10-6-7-10/h9-11,13H,2-8H2,1H3,(H,15,16)(H,17,18). The Morgan fingerprint density at radius 2 is 1.95 bits per heavy atom. The fourth-order valence-corrected chi connectivity index (χ4v) is 2.74. The number of amides is 1. The quantitative estimate of drug-likeness (QED) is 0.767. The number of carbonyl (C=O) groups excluding carboxylic acids is 1. The molecule has 0 aromatic heterocycles. The number of hydrogen-bond donors (Lipinski definition) is 2. The smallest absolute Gasteiger partial charge is 0.326 e. The number of ether oxygens (including phenoxy) is 1. The van der Waals surface area contributed by atoms with Gasteiger partial charge in [0.1, 0.15) is 12.6 Å². The highest BCUT2D eigenvalue weighted by Gasteiger charge is 2.37. The molecule has 0 heterocycles. The van der Waals surface area contributed by atoms with Gasteiger partial charge in [-0.2, -0.15) is 0 Å². The number of carboxylic acids is 1. The molecular formula is C14H23NO4. The van der Waals surface area contributed by atoms with Crippen LogP contribution in [0, 0.1) is 11.8 Å². The van der Waals surface area contributed by atoms with Crippen molar-refractivity contribution >= 4 is 11.9 Å². The first-order valence-corrected chi connectivity index (χ1v) is 7.21. The number of aliphatic carboxylic acids is 1. The molecule has 2 fully saturated rings. The molecule has 0 bridgehead atoms. The second kappa shape index (κ2) is 6.37. The van der Waals surface area contributed by atoms with Gasteiger partial charge in [-0.3, -0.25) is 4.79 Å². The van der Waals surface area contributed by atoms with Gasteiger partial charge in [-0.15, -0.1) is 0 Å². The molecular weight excluding hydrogens is 246 g/mol. The molecule has 5 heteroatoms. The summed E-state index contributed by atoms with van der Waals surface area (Å²) in [6.45, 7) is 2.12. The Morgan fingerprint density at radius 3 is 2.53 bits per heavy atom. The maximum absolute atomic E-state index is 11.7. The summed E-state index contributed by atoms with van der Waals surface area (Å²) in [4.78, 5) is 22.8. The van der Waals surface area contributed by atoms with Gasteiger partial charge in [0, 0.05) is 0 Å². The van der Waals surface area contributed by atoms with E-state index in [0.29, 0.717) is 5.92 Å². The molecule has 3 atom stereocenters. The zero-order chi connectivity index (χ0) is 13.8. The lowest BCUT2D eigenvalue weighted by molar-refractivity contribution is -0.144. The number of carbonyl (C=O) groups is 2. The maximum Gasteiger partial charge on any atom is 0.326 e. The van der Waals surface area contributed by atoms with Gasteiger partial charge in [0.05, 0.1) is 6.10 Å². The molecule has 2 N–H and O–H groups in total. The first-order valence-electron chi connectivity index (χ1n) is 7.21. The van der Waals surface area contributed by atoms with Crippen molar-refractivity contribution in [3.05, 3.63) is 0 Å². The Labute approximate surface area is 113 Å². The normalized spacial score (nSPS) is 28.7. The largest absolute Gasteiger partial charge is 0.480 e. The molecule has 2 aliphatic carbocycles. The van der Waals surface area contributed by atoms with Crippen molar-refractivity contribution in [1.29, 1.82) is 0 Å². The van der Waals surface area contributed by atoms with E-state index < -0.39 is 12.0 Å². The summed E-state index contributed by atoms with van der Waals surface area (Å²) >= 11 is 0. The molecule has 19 heavy (non-hydrogen) atoms. The van der Waals surface area contributed by atoms with Gasteiger partial charge in [-0.25, -0.2) is 4.79 Å². The van der Waals surface area contributed by atoms with E-state index in [1.54, 1.807) is 0 Å². The fourth-order valence-electron chi connectivity index (χ4n) is 2.74. The van der Waals surface area contributed by atoms with Crippen molar-refractivity contribution in [1.82, 2.24) is 5.32 Å². The van der Waals surface area contributed by atoms with Gasteiger partial charge in [-0.1, -0.05) is 19.8 Å². The predicted molar refractivity (Wildman–Crippen MR) is 69.7 cm³/mol. The molecule has 0 aromatic rings. The van der Waals surface area contributed by atoms with Gasteiger partial charge in [0.15, 0.2) is 0 Å². The number of nitrogens with one attached hydrogen (secondary N) is 1. The lowest BCUT2D eigenvalue weighted by atomic mass is 9.88. The molecule has 0 spiro atoms. The Kier molecular flexibility index (Phi) is 4.80. The molecule has 2 rings (SSSR count). The van der Waals surface area contributed by atoms with E-state index in [9.17, 15) is 9.59 Å². The van der Waals surface area contributed by atoms with E-state index in [1.165, 1.54) is 6.42 Å². The highest BCUT2D eigenvalue weighted by atomic mass is 16.5. The van der Waals surface area contributed by atoms with Crippen LogP contribution in [0.15, 0.2) is 0 Å². The summed E-state index contributed by atoms with van der Waals surface area (Å²) in [6, 6.07) is -0.736. The Hall–Kier alpha value is -1.10. The second-order valence-corrected chi connectivity index (χ2v) is 5.83. The van der Waals surface area contributed by atoms with E-state index in [1.807, 2.05) is 0 Å². The van der Waals surface area contributed by atoms with Gasteiger partial charge >= 0.3 is 5.97 Å². The monoisotopic (exact) mass is 269 g/mol. The lowest BCUT2D eigenvalue weighted by Gasteiger charge is -2.28. The van der Waals surface area contributed by atoms with Gasteiger partial charge < -0.3 is 15.2 Å². The second-order valence-electron chi connectivity index (χ2n) is 5.83. The van der Waals surface area contributed by atoms with Crippen LogP contribution >= 0.6 is 0 Å².